The van der Waals surface area contributed by atoms with E-state index >= 15 is 0 Å². The van der Waals surface area contributed by atoms with Crippen LogP contribution in [-0.2, 0) is 0 Å². The number of nitrogens with two attached hydrogens (primary N) is 1. The predicted octanol–water partition coefficient (Wildman–Crippen LogP) is 3.20. The van der Waals surface area contributed by atoms with Gasteiger partial charge in [-0.25, -0.2) is 4.98 Å². The summed E-state index contributed by atoms with van der Waals surface area (Å²) in [6, 6.07) is 10.7. The van der Waals surface area contributed by atoms with E-state index in [9.17, 15) is 0 Å². The zero-order chi connectivity index (χ0) is 12.5. The Kier molecular flexibility index (Phi) is 2.82. The van der Waals surface area contributed by atoms with Gasteiger partial charge in [0.25, 0.3) is 0 Å². The van der Waals surface area contributed by atoms with Gasteiger partial charge in [0.05, 0.1) is 5.52 Å². The maximum Gasteiger partial charge on any atom is 0.129 e. The van der Waals surface area contributed by atoms with Gasteiger partial charge in [0.1, 0.15) is 5.82 Å². The summed E-state index contributed by atoms with van der Waals surface area (Å²) in [6.07, 6.45) is 3.87. The number of pyridine rings is 1. The average molecular weight is 241 g/mol. The van der Waals surface area contributed by atoms with Crippen LogP contribution in [0.4, 0.5) is 11.5 Å². The molecule has 0 bridgehead atoms. The highest BCUT2D eigenvalue weighted by molar-refractivity contribution is 5.83. The number of nitrogens with zero attached hydrogens (tertiary/aromatic N) is 2. The van der Waals surface area contributed by atoms with Gasteiger partial charge in [-0.15, -0.1) is 0 Å². The largest absolute Gasteiger partial charge is 0.399 e. The van der Waals surface area contributed by atoms with Crippen molar-refractivity contribution >= 4 is 22.4 Å². The highest BCUT2D eigenvalue weighted by Crippen LogP contribution is 2.25. The zero-order valence-corrected chi connectivity index (χ0v) is 10.8. The second-order valence-electron chi connectivity index (χ2n) is 5.16. The summed E-state index contributed by atoms with van der Waals surface area (Å²) in [7, 11) is 0. The van der Waals surface area contributed by atoms with Crippen molar-refractivity contribution in [3.05, 3.63) is 30.3 Å². The van der Waals surface area contributed by atoms with Gasteiger partial charge in [-0.3, -0.25) is 0 Å². The smallest absolute Gasteiger partial charge is 0.129 e. The van der Waals surface area contributed by atoms with E-state index in [2.05, 4.69) is 24.0 Å². The third-order valence-corrected chi connectivity index (χ3v) is 3.80. The second kappa shape index (κ2) is 4.48. The highest BCUT2D eigenvalue weighted by atomic mass is 15.2. The van der Waals surface area contributed by atoms with Crippen LogP contribution >= 0.6 is 0 Å². The minimum Gasteiger partial charge on any atom is -0.399 e. The maximum atomic E-state index is 5.79. The molecule has 18 heavy (non-hydrogen) atoms. The summed E-state index contributed by atoms with van der Waals surface area (Å²) in [5, 5.41) is 1.11. The molecule has 0 spiro atoms. The number of hydrogen-bond acceptors (Lipinski definition) is 3. The molecule has 1 unspecified atom stereocenters. The van der Waals surface area contributed by atoms with Crippen LogP contribution in [-0.4, -0.2) is 17.6 Å². The van der Waals surface area contributed by atoms with Gasteiger partial charge in [0, 0.05) is 23.7 Å². The summed E-state index contributed by atoms with van der Waals surface area (Å²) < 4.78 is 0. The molecule has 0 aliphatic carbocycles. The molecule has 1 aliphatic rings. The Morgan fingerprint density at radius 3 is 2.94 bits per heavy atom. The first-order valence-corrected chi connectivity index (χ1v) is 6.67. The predicted molar refractivity (Wildman–Crippen MR) is 76.8 cm³/mol. The van der Waals surface area contributed by atoms with Crippen LogP contribution in [0.15, 0.2) is 30.3 Å². The zero-order valence-electron chi connectivity index (χ0n) is 10.8. The first kappa shape index (κ1) is 11.3. The van der Waals surface area contributed by atoms with E-state index in [1.807, 2.05) is 18.2 Å². The summed E-state index contributed by atoms with van der Waals surface area (Å²) in [6.45, 7) is 3.41. The van der Waals surface area contributed by atoms with Gasteiger partial charge in [0.15, 0.2) is 0 Å². The number of fused-ring (bicyclic) bond motifs is 1. The molecule has 3 nitrogen and oxygen atoms in total. The quantitative estimate of drug-likeness (QED) is 0.780. The summed E-state index contributed by atoms with van der Waals surface area (Å²) in [4.78, 5) is 7.18. The number of anilines is 2. The molecule has 1 saturated heterocycles. The Hall–Kier alpha value is -1.77. The molecule has 1 atom stereocenters. The molecule has 2 heterocycles. The minimum atomic E-state index is 0.595. The third-order valence-electron chi connectivity index (χ3n) is 3.80. The molecule has 0 amide bonds. The molecule has 2 N–H and O–H groups in total. The first-order valence-electron chi connectivity index (χ1n) is 6.67. The van der Waals surface area contributed by atoms with Crippen molar-refractivity contribution in [1.29, 1.82) is 0 Å². The number of rotatable bonds is 1. The van der Waals surface area contributed by atoms with Crippen LogP contribution in [0, 0.1) is 0 Å². The fraction of sp³-hybridized carbons (Fsp3) is 0.400. The van der Waals surface area contributed by atoms with Gasteiger partial charge < -0.3 is 10.6 Å². The van der Waals surface area contributed by atoms with Crippen molar-refractivity contribution in [2.75, 3.05) is 17.2 Å². The van der Waals surface area contributed by atoms with Crippen molar-refractivity contribution in [2.24, 2.45) is 0 Å². The monoisotopic (exact) mass is 241 g/mol. The van der Waals surface area contributed by atoms with Crippen molar-refractivity contribution in [3.63, 3.8) is 0 Å². The Bertz CT molecular complexity index is 565. The van der Waals surface area contributed by atoms with Crippen molar-refractivity contribution in [3.8, 4) is 0 Å². The van der Waals surface area contributed by atoms with Gasteiger partial charge in [-0.1, -0.05) is 0 Å². The summed E-state index contributed by atoms with van der Waals surface area (Å²) in [5.41, 5.74) is 7.61. The molecule has 3 rings (SSSR count). The Balaban J connectivity index is 1.99. The lowest BCUT2D eigenvalue weighted by atomic mass is 10.0. The number of nitrogen functional groups attached to an aromatic ring is 1. The van der Waals surface area contributed by atoms with Crippen molar-refractivity contribution in [1.82, 2.24) is 4.98 Å². The lowest BCUT2D eigenvalue weighted by Crippen LogP contribution is -2.37. The Morgan fingerprint density at radius 2 is 2.11 bits per heavy atom. The van der Waals surface area contributed by atoms with Crippen LogP contribution < -0.4 is 10.6 Å². The topological polar surface area (TPSA) is 42.1 Å². The molecule has 0 radical (unpaired) electrons. The molecule has 1 aromatic carbocycles. The van der Waals surface area contributed by atoms with E-state index in [1.165, 1.54) is 19.3 Å². The summed E-state index contributed by atoms with van der Waals surface area (Å²) >= 11 is 0. The summed E-state index contributed by atoms with van der Waals surface area (Å²) in [5.74, 6) is 1.10. The van der Waals surface area contributed by atoms with Crippen LogP contribution in [0.3, 0.4) is 0 Å². The van der Waals surface area contributed by atoms with E-state index in [0.29, 0.717) is 6.04 Å². The molecule has 3 heteroatoms. The molecule has 0 saturated carbocycles. The van der Waals surface area contributed by atoms with Gasteiger partial charge in [0.2, 0.25) is 0 Å². The van der Waals surface area contributed by atoms with Crippen LogP contribution in [0.1, 0.15) is 26.2 Å². The van der Waals surface area contributed by atoms with Crippen molar-refractivity contribution < 1.29 is 0 Å². The molecule has 1 aromatic heterocycles. The number of hydrogen-bond donors (Lipinski definition) is 1. The second-order valence-corrected chi connectivity index (χ2v) is 5.16. The van der Waals surface area contributed by atoms with E-state index in [4.69, 9.17) is 10.7 Å². The minimum absolute atomic E-state index is 0.595. The van der Waals surface area contributed by atoms with Gasteiger partial charge in [-0.05, 0) is 56.5 Å². The molecular weight excluding hydrogens is 222 g/mol. The van der Waals surface area contributed by atoms with E-state index in [1.54, 1.807) is 0 Å². The number of piperidine rings is 1. The fourth-order valence-electron chi connectivity index (χ4n) is 2.73. The highest BCUT2D eigenvalue weighted by Gasteiger charge is 2.19. The SMILES string of the molecule is CC1CCCCN1c1ccc2cc(N)ccc2n1. The maximum absolute atomic E-state index is 5.79. The molecule has 1 fully saturated rings. The molecular formula is C15H19N3. The standard InChI is InChI=1S/C15H19N3/c1-11-4-2-3-9-18(11)15-8-5-12-10-13(16)6-7-14(12)17-15/h5-8,10-11H,2-4,9,16H2,1H3. The lowest BCUT2D eigenvalue weighted by Gasteiger charge is -2.34. The van der Waals surface area contributed by atoms with E-state index < -0.39 is 0 Å². The fourth-order valence-corrected chi connectivity index (χ4v) is 2.73. The Labute approximate surface area is 108 Å². The first-order chi connectivity index (χ1) is 8.74. The Morgan fingerprint density at radius 1 is 1.22 bits per heavy atom. The van der Waals surface area contributed by atoms with Crippen LogP contribution in [0.2, 0.25) is 0 Å². The third kappa shape index (κ3) is 2.01. The van der Waals surface area contributed by atoms with Crippen molar-refractivity contribution in [2.45, 2.75) is 32.2 Å². The van der Waals surface area contributed by atoms with E-state index in [0.717, 1.165) is 29.0 Å². The molecule has 94 valence electrons. The van der Waals surface area contributed by atoms with E-state index in [-0.39, 0.29) is 0 Å². The average Bonchev–Trinajstić information content (AvgIpc) is 2.39. The number of benzene rings is 1. The number of aromatic nitrogens is 1. The van der Waals surface area contributed by atoms with Crippen LogP contribution in [0.5, 0.6) is 0 Å². The van der Waals surface area contributed by atoms with Gasteiger partial charge >= 0.3 is 0 Å². The lowest BCUT2D eigenvalue weighted by molar-refractivity contribution is 0.481. The molecule has 2 aromatic rings. The van der Waals surface area contributed by atoms with Crippen LogP contribution in [0.25, 0.3) is 10.9 Å². The van der Waals surface area contributed by atoms with Gasteiger partial charge in [-0.2, -0.15) is 0 Å². The normalized spacial score (nSPS) is 20.3. The molecule has 1 aliphatic heterocycles.